The van der Waals surface area contributed by atoms with Gasteiger partial charge in [-0.05, 0) is 36.5 Å². The van der Waals surface area contributed by atoms with E-state index in [0.717, 1.165) is 11.4 Å². The van der Waals surface area contributed by atoms with Gasteiger partial charge in [-0.1, -0.05) is 23.4 Å². The first-order valence-electron chi connectivity index (χ1n) is 4.84. The summed E-state index contributed by atoms with van der Waals surface area (Å²) in [6.07, 6.45) is 1.56. The van der Waals surface area contributed by atoms with E-state index in [4.69, 9.17) is 23.8 Å². The van der Waals surface area contributed by atoms with Crippen molar-refractivity contribution < 1.29 is 4.79 Å². The Labute approximate surface area is 114 Å². The van der Waals surface area contributed by atoms with Gasteiger partial charge in [-0.25, -0.2) is 0 Å². The molecule has 2 N–H and O–H groups in total. The fourth-order valence-corrected chi connectivity index (χ4v) is 2.34. The molecule has 0 bridgehead atoms. The van der Waals surface area contributed by atoms with Crippen LogP contribution in [0.2, 0.25) is 5.02 Å². The van der Waals surface area contributed by atoms with E-state index in [1.165, 1.54) is 11.8 Å². The highest BCUT2D eigenvalue weighted by Crippen LogP contribution is 2.17. The van der Waals surface area contributed by atoms with Crippen molar-refractivity contribution in [3.8, 4) is 0 Å². The van der Waals surface area contributed by atoms with Crippen LogP contribution in [0.1, 0.15) is 0 Å². The average molecular weight is 285 g/mol. The second kappa shape index (κ2) is 5.53. The van der Waals surface area contributed by atoms with Crippen LogP contribution in [0.3, 0.4) is 0 Å². The SMILES string of the molecule is O=C1C=C(NC(=S)Nc2ccc(Cl)cc2)CS1. The lowest BCUT2D eigenvalue weighted by molar-refractivity contribution is -0.106. The van der Waals surface area contributed by atoms with Crippen LogP contribution in [-0.4, -0.2) is 16.0 Å². The molecule has 17 heavy (non-hydrogen) atoms. The minimum Gasteiger partial charge on any atom is -0.335 e. The van der Waals surface area contributed by atoms with Crippen molar-refractivity contribution >= 4 is 51.5 Å². The molecule has 2 rings (SSSR count). The van der Waals surface area contributed by atoms with Crippen LogP contribution in [0.5, 0.6) is 0 Å². The molecule has 0 radical (unpaired) electrons. The maximum atomic E-state index is 11.0. The molecule has 0 aromatic heterocycles. The summed E-state index contributed by atoms with van der Waals surface area (Å²) in [7, 11) is 0. The standard InChI is InChI=1S/C11H9ClN2OS2/c12-7-1-3-8(4-2-7)13-11(16)14-9-5-10(15)17-6-9/h1-5H,6H2,(H2,13,14,16). The summed E-state index contributed by atoms with van der Waals surface area (Å²) < 4.78 is 0. The number of anilines is 1. The van der Waals surface area contributed by atoms with Gasteiger partial charge in [0.05, 0.1) is 0 Å². The lowest BCUT2D eigenvalue weighted by Gasteiger charge is -2.10. The third kappa shape index (κ3) is 3.73. The van der Waals surface area contributed by atoms with Crippen molar-refractivity contribution in [2.75, 3.05) is 11.1 Å². The molecule has 1 aliphatic heterocycles. The van der Waals surface area contributed by atoms with Gasteiger partial charge in [0.15, 0.2) is 5.11 Å². The smallest absolute Gasteiger partial charge is 0.214 e. The fraction of sp³-hybridized carbons (Fsp3) is 0.0909. The lowest BCUT2D eigenvalue weighted by Crippen LogP contribution is -2.28. The molecule has 1 heterocycles. The van der Waals surface area contributed by atoms with Gasteiger partial charge in [0.25, 0.3) is 0 Å². The molecule has 6 heteroatoms. The Hall–Kier alpha value is -1.04. The zero-order valence-electron chi connectivity index (χ0n) is 8.70. The van der Waals surface area contributed by atoms with Crippen LogP contribution in [0.4, 0.5) is 5.69 Å². The number of benzene rings is 1. The van der Waals surface area contributed by atoms with Gasteiger partial charge in [0.2, 0.25) is 5.12 Å². The number of rotatable bonds is 2. The van der Waals surface area contributed by atoms with E-state index in [1.54, 1.807) is 18.2 Å². The zero-order chi connectivity index (χ0) is 12.3. The highest BCUT2D eigenvalue weighted by Gasteiger charge is 2.13. The maximum Gasteiger partial charge on any atom is 0.214 e. The summed E-state index contributed by atoms with van der Waals surface area (Å²) in [5, 5.41) is 7.19. The van der Waals surface area contributed by atoms with Crippen LogP contribution >= 0.6 is 35.6 Å². The minimum absolute atomic E-state index is 0.0572. The van der Waals surface area contributed by atoms with E-state index in [9.17, 15) is 4.79 Å². The highest BCUT2D eigenvalue weighted by molar-refractivity contribution is 8.14. The summed E-state index contributed by atoms with van der Waals surface area (Å²) in [4.78, 5) is 11.0. The molecule has 0 aliphatic carbocycles. The normalized spacial score (nSPS) is 14.4. The van der Waals surface area contributed by atoms with Crippen LogP contribution in [0.25, 0.3) is 0 Å². The largest absolute Gasteiger partial charge is 0.335 e. The second-order valence-corrected chi connectivity index (χ2v) is 5.19. The molecular formula is C11H9ClN2OS2. The van der Waals surface area contributed by atoms with Crippen LogP contribution < -0.4 is 10.6 Å². The Morgan fingerprint density at radius 1 is 1.29 bits per heavy atom. The topological polar surface area (TPSA) is 41.1 Å². The third-order valence-electron chi connectivity index (χ3n) is 2.04. The van der Waals surface area contributed by atoms with Gasteiger partial charge in [-0.3, -0.25) is 4.79 Å². The van der Waals surface area contributed by atoms with Crippen LogP contribution in [-0.2, 0) is 4.79 Å². The minimum atomic E-state index is 0.0572. The van der Waals surface area contributed by atoms with E-state index in [1.807, 2.05) is 12.1 Å². The molecule has 1 aromatic carbocycles. The lowest BCUT2D eigenvalue weighted by atomic mass is 10.3. The molecule has 88 valence electrons. The zero-order valence-corrected chi connectivity index (χ0v) is 11.1. The van der Waals surface area contributed by atoms with Crippen molar-refractivity contribution in [3.63, 3.8) is 0 Å². The second-order valence-electron chi connectivity index (χ2n) is 3.36. The van der Waals surface area contributed by atoms with E-state index in [-0.39, 0.29) is 5.12 Å². The molecule has 0 spiro atoms. The van der Waals surface area contributed by atoms with E-state index in [0.29, 0.717) is 15.9 Å². The summed E-state index contributed by atoms with van der Waals surface area (Å²) in [5.74, 6) is 0.640. The quantitative estimate of drug-likeness (QED) is 0.818. The Morgan fingerprint density at radius 2 is 2.00 bits per heavy atom. The number of thioether (sulfide) groups is 1. The molecule has 1 aliphatic rings. The first-order valence-corrected chi connectivity index (χ1v) is 6.61. The highest BCUT2D eigenvalue weighted by atomic mass is 35.5. The predicted octanol–water partition coefficient (Wildman–Crippen LogP) is 2.78. The molecule has 3 nitrogen and oxygen atoms in total. The van der Waals surface area contributed by atoms with Crippen LogP contribution in [0.15, 0.2) is 36.0 Å². The van der Waals surface area contributed by atoms with Gasteiger partial charge in [-0.2, -0.15) is 0 Å². The summed E-state index contributed by atoms with van der Waals surface area (Å²) >= 11 is 12.2. The van der Waals surface area contributed by atoms with Gasteiger partial charge in [0.1, 0.15) is 0 Å². The molecule has 0 unspecified atom stereocenters. The number of carbonyl (C=O) groups excluding carboxylic acids is 1. The molecule has 1 aromatic rings. The Balaban J connectivity index is 1.91. The first-order chi connectivity index (χ1) is 8.13. The summed E-state index contributed by atoms with van der Waals surface area (Å²) in [6.45, 7) is 0. The molecule has 0 saturated carbocycles. The number of carbonyl (C=O) groups is 1. The maximum absolute atomic E-state index is 11.0. The van der Waals surface area contributed by atoms with Gasteiger partial charge >= 0.3 is 0 Å². The predicted molar refractivity (Wildman–Crippen MR) is 76.4 cm³/mol. The average Bonchev–Trinajstić information content (AvgIpc) is 2.67. The van der Waals surface area contributed by atoms with Gasteiger partial charge in [-0.15, -0.1) is 0 Å². The number of hydrogen-bond acceptors (Lipinski definition) is 3. The Kier molecular flexibility index (Phi) is 4.04. The van der Waals surface area contributed by atoms with Gasteiger partial charge < -0.3 is 10.6 Å². The summed E-state index contributed by atoms with van der Waals surface area (Å²) in [5.41, 5.74) is 1.68. The van der Waals surface area contributed by atoms with Gasteiger partial charge in [0, 0.05) is 28.2 Å². The molecule has 0 fully saturated rings. The monoisotopic (exact) mass is 284 g/mol. The molecule has 0 amide bonds. The number of nitrogens with one attached hydrogen (secondary N) is 2. The van der Waals surface area contributed by atoms with Crippen molar-refractivity contribution in [1.82, 2.24) is 5.32 Å². The molecule has 0 saturated heterocycles. The number of hydrogen-bond donors (Lipinski definition) is 2. The fourth-order valence-electron chi connectivity index (χ4n) is 1.29. The number of thiocarbonyl (C=S) groups is 1. The third-order valence-corrected chi connectivity index (χ3v) is 3.35. The molecule has 0 atom stereocenters. The Morgan fingerprint density at radius 3 is 2.59 bits per heavy atom. The Bertz CT molecular complexity index is 485. The van der Waals surface area contributed by atoms with Crippen molar-refractivity contribution in [2.45, 2.75) is 0 Å². The van der Waals surface area contributed by atoms with Crippen molar-refractivity contribution in [2.24, 2.45) is 0 Å². The van der Waals surface area contributed by atoms with E-state index in [2.05, 4.69) is 10.6 Å². The van der Waals surface area contributed by atoms with E-state index >= 15 is 0 Å². The molecular weight excluding hydrogens is 276 g/mol. The number of halogens is 1. The van der Waals surface area contributed by atoms with E-state index < -0.39 is 0 Å². The van der Waals surface area contributed by atoms with Crippen LogP contribution in [0, 0.1) is 0 Å². The van der Waals surface area contributed by atoms with Crippen molar-refractivity contribution in [3.05, 3.63) is 41.1 Å². The van der Waals surface area contributed by atoms with Crippen molar-refractivity contribution in [1.29, 1.82) is 0 Å². The first kappa shape index (κ1) is 12.4. The summed E-state index contributed by atoms with van der Waals surface area (Å²) in [6, 6.07) is 7.22.